The van der Waals surface area contributed by atoms with Gasteiger partial charge in [0.15, 0.2) is 17.4 Å². The number of aromatic amines is 1. The molecule has 15 heteroatoms. The fourth-order valence-electron chi connectivity index (χ4n) is 4.46. The van der Waals surface area contributed by atoms with Crippen LogP contribution < -0.4 is 15.8 Å². The Balaban J connectivity index is 1.62. The zero-order valence-corrected chi connectivity index (χ0v) is 22.7. The van der Waals surface area contributed by atoms with Crippen molar-refractivity contribution in [2.24, 2.45) is 0 Å². The first-order chi connectivity index (χ1) is 19.8. The molecule has 3 heterocycles. The number of fused-ring (bicyclic) bond motifs is 2. The highest BCUT2D eigenvalue weighted by molar-refractivity contribution is 6.01. The van der Waals surface area contributed by atoms with E-state index in [4.69, 9.17) is 5.73 Å². The van der Waals surface area contributed by atoms with Gasteiger partial charge in [-0.3, -0.25) is 9.89 Å². The number of H-pyrrole nitrogens is 1. The van der Waals surface area contributed by atoms with Gasteiger partial charge in [-0.1, -0.05) is 26.0 Å². The summed E-state index contributed by atoms with van der Waals surface area (Å²) in [4.78, 5) is 29.3. The van der Waals surface area contributed by atoms with Crippen LogP contribution >= 0.6 is 0 Å². The van der Waals surface area contributed by atoms with E-state index < -0.39 is 40.9 Å². The van der Waals surface area contributed by atoms with Gasteiger partial charge in [-0.05, 0) is 35.7 Å². The highest BCUT2D eigenvalue weighted by Crippen LogP contribution is 2.38. The molecule has 5 aromatic rings. The molecule has 218 valence electrons. The van der Waals surface area contributed by atoms with Crippen molar-refractivity contribution < 1.29 is 31.9 Å². The highest BCUT2D eigenvalue weighted by Gasteiger charge is 2.42. The molecule has 0 aliphatic rings. The second-order valence-corrected chi connectivity index (χ2v) is 9.87. The normalized spacial score (nSPS) is 11.8. The Kier molecular flexibility index (Phi) is 6.96. The van der Waals surface area contributed by atoms with Crippen LogP contribution in [0.15, 0.2) is 42.6 Å². The summed E-state index contributed by atoms with van der Waals surface area (Å²) >= 11 is 0. The Morgan fingerprint density at radius 2 is 1.88 bits per heavy atom. The second kappa shape index (κ2) is 10.3. The van der Waals surface area contributed by atoms with Crippen molar-refractivity contribution in [1.29, 1.82) is 0 Å². The van der Waals surface area contributed by atoms with E-state index in [0.717, 1.165) is 44.8 Å². The topological polar surface area (TPSA) is 144 Å². The van der Waals surface area contributed by atoms with Crippen LogP contribution in [0.2, 0.25) is 0 Å². The van der Waals surface area contributed by atoms with Gasteiger partial charge in [-0.15, -0.1) is 5.10 Å². The minimum Gasteiger partial charge on any atom is -0.416 e. The van der Waals surface area contributed by atoms with E-state index in [-0.39, 0.29) is 17.7 Å². The third kappa shape index (κ3) is 4.93. The van der Waals surface area contributed by atoms with Gasteiger partial charge in [-0.2, -0.15) is 23.3 Å². The molecule has 42 heavy (non-hydrogen) atoms. The molecule has 0 aliphatic carbocycles. The highest BCUT2D eigenvalue weighted by atomic mass is 19.4. The van der Waals surface area contributed by atoms with Crippen LogP contribution in [0.5, 0.6) is 5.75 Å². The van der Waals surface area contributed by atoms with Crippen LogP contribution in [0.4, 0.5) is 35.0 Å². The first-order valence-corrected chi connectivity index (χ1v) is 12.5. The number of ether oxygens (including phenoxy) is 1. The maximum absolute atomic E-state index is 15.6. The average Bonchev–Trinajstić information content (AvgIpc) is 3.55. The number of nitrogen functional groups attached to an aromatic ring is 1. The summed E-state index contributed by atoms with van der Waals surface area (Å²) in [6.07, 6.45) is -3.75. The van der Waals surface area contributed by atoms with Gasteiger partial charge in [-0.25, -0.2) is 13.7 Å². The number of anilines is 3. The minimum absolute atomic E-state index is 0.0263. The molecule has 0 radical (unpaired) electrons. The van der Waals surface area contributed by atoms with Crippen LogP contribution in [0.25, 0.3) is 27.5 Å². The number of esters is 1. The van der Waals surface area contributed by atoms with Crippen molar-refractivity contribution in [2.75, 3.05) is 25.1 Å². The number of hydrogen-bond acceptors (Lipinski definition) is 8. The zero-order chi connectivity index (χ0) is 30.5. The van der Waals surface area contributed by atoms with Crippen molar-refractivity contribution in [2.45, 2.75) is 25.9 Å². The van der Waals surface area contributed by atoms with E-state index in [2.05, 4.69) is 30.3 Å². The number of nitrogens with two attached hydrogens (primary N) is 1. The number of hydrogen-bond donors (Lipinski definition) is 3. The molecule has 5 rings (SSSR count). The largest absolute Gasteiger partial charge is 0.491 e. The lowest BCUT2D eigenvalue weighted by atomic mass is 10.0. The summed E-state index contributed by atoms with van der Waals surface area (Å²) in [7, 11) is 2.61. The fraction of sp³-hybridized carbons (Fsp3) is 0.222. The number of nitrogens with one attached hydrogen (secondary N) is 2. The number of amides is 1. The lowest BCUT2D eigenvalue weighted by Crippen LogP contribution is -2.30. The third-order valence-corrected chi connectivity index (χ3v) is 6.44. The number of carbonyl (C=O) groups is 2. The molecule has 0 spiro atoms. The quantitative estimate of drug-likeness (QED) is 0.143. The maximum Gasteiger partial charge on any atom is 0.491 e. The number of rotatable bonds is 6. The lowest BCUT2D eigenvalue weighted by Gasteiger charge is -2.17. The summed E-state index contributed by atoms with van der Waals surface area (Å²) in [5.74, 6) is -6.44. The summed E-state index contributed by atoms with van der Waals surface area (Å²) in [6, 6.07) is 9.66. The first-order valence-electron chi connectivity index (χ1n) is 12.5. The van der Waals surface area contributed by atoms with Gasteiger partial charge >= 0.3 is 12.1 Å². The standard InChI is InChI=1S/C27H24F4N8O3/c1-12(2)19-10-15(13-6-5-7-17-16(13)11-33-36-17)21-23(32)35-26(37-39(19)21)34-18-9-8-14(24(40)38(3)4)22(20(18)28)42-25(41)27(29,30)31/h5-12H,1-4H3,(H,33,36)(H3,32,34,35,37). The Morgan fingerprint density at radius 1 is 1.14 bits per heavy atom. The van der Waals surface area contributed by atoms with E-state index >= 15 is 4.39 Å². The Bertz CT molecular complexity index is 1860. The fourth-order valence-corrected chi connectivity index (χ4v) is 4.46. The molecule has 0 fully saturated rings. The predicted octanol–water partition coefficient (Wildman–Crippen LogP) is 5.03. The predicted molar refractivity (Wildman–Crippen MR) is 146 cm³/mol. The molecule has 0 aliphatic heterocycles. The van der Waals surface area contributed by atoms with Crippen molar-refractivity contribution in [3.05, 3.63) is 59.7 Å². The van der Waals surface area contributed by atoms with Crippen LogP contribution in [-0.4, -0.2) is 61.8 Å². The number of aromatic nitrogens is 5. The van der Waals surface area contributed by atoms with E-state index in [1.165, 1.54) is 14.1 Å². The number of alkyl halides is 3. The van der Waals surface area contributed by atoms with Crippen molar-refractivity contribution >= 4 is 45.7 Å². The Morgan fingerprint density at radius 3 is 2.55 bits per heavy atom. The molecule has 0 unspecified atom stereocenters. The van der Waals surface area contributed by atoms with Crippen LogP contribution in [0, 0.1) is 5.82 Å². The van der Waals surface area contributed by atoms with Crippen LogP contribution in [-0.2, 0) is 4.79 Å². The van der Waals surface area contributed by atoms with Gasteiger partial charge < -0.3 is 20.7 Å². The molecule has 2 aromatic carbocycles. The number of benzene rings is 2. The molecule has 0 saturated carbocycles. The van der Waals surface area contributed by atoms with Gasteiger partial charge in [0.1, 0.15) is 5.52 Å². The monoisotopic (exact) mass is 584 g/mol. The van der Waals surface area contributed by atoms with Crippen molar-refractivity contribution in [3.63, 3.8) is 0 Å². The van der Waals surface area contributed by atoms with E-state index in [9.17, 15) is 22.8 Å². The molecule has 0 bridgehead atoms. The summed E-state index contributed by atoms with van der Waals surface area (Å²) < 4.78 is 60.3. The summed E-state index contributed by atoms with van der Waals surface area (Å²) in [6.45, 7) is 3.88. The Labute approximate surface area is 235 Å². The smallest absolute Gasteiger partial charge is 0.416 e. The average molecular weight is 585 g/mol. The summed E-state index contributed by atoms with van der Waals surface area (Å²) in [5, 5.41) is 14.9. The van der Waals surface area contributed by atoms with Gasteiger partial charge in [0.05, 0.1) is 23.0 Å². The molecule has 4 N–H and O–H groups in total. The van der Waals surface area contributed by atoms with E-state index in [1.54, 1.807) is 10.7 Å². The second-order valence-electron chi connectivity index (χ2n) is 9.87. The third-order valence-electron chi connectivity index (χ3n) is 6.44. The number of halogens is 4. The van der Waals surface area contributed by atoms with Crippen LogP contribution in [0.1, 0.15) is 35.8 Å². The van der Waals surface area contributed by atoms with E-state index in [0.29, 0.717) is 5.52 Å². The molecule has 0 saturated heterocycles. The summed E-state index contributed by atoms with van der Waals surface area (Å²) in [5.41, 5.74) is 8.91. The zero-order valence-electron chi connectivity index (χ0n) is 22.7. The van der Waals surface area contributed by atoms with Gasteiger partial charge in [0, 0.05) is 30.7 Å². The van der Waals surface area contributed by atoms with Crippen molar-refractivity contribution in [3.8, 4) is 16.9 Å². The molecule has 1 amide bonds. The van der Waals surface area contributed by atoms with Gasteiger partial charge in [0.2, 0.25) is 5.95 Å². The maximum atomic E-state index is 15.6. The molecule has 3 aromatic heterocycles. The lowest BCUT2D eigenvalue weighted by molar-refractivity contribution is -0.189. The molecule has 0 atom stereocenters. The van der Waals surface area contributed by atoms with Crippen molar-refractivity contribution in [1.82, 2.24) is 29.7 Å². The molecule has 11 nitrogen and oxygen atoms in total. The number of nitrogens with zero attached hydrogens (tertiary/aromatic N) is 5. The Hall–Kier alpha value is -5.21. The van der Waals surface area contributed by atoms with Gasteiger partial charge in [0.25, 0.3) is 5.91 Å². The molecular formula is C27H24F4N8O3. The first kappa shape index (κ1) is 28.3. The minimum atomic E-state index is -5.43. The van der Waals surface area contributed by atoms with Crippen LogP contribution in [0.3, 0.4) is 0 Å². The van der Waals surface area contributed by atoms with E-state index in [1.807, 2.05) is 38.1 Å². The molecular weight excluding hydrogens is 560 g/mol. The SMILES string of the molecule is CC(C)c1cc(-c2cccc3[nH]ncc23)c2c(N)nc(Nc3ccc(C(=O)N(C)C)c(OC(=O)C(F)(F)F)c3F)nn12. The number of carbonyl (C=O) groups excluding carboxylic acids is 2.